The molecule has 0 saturated heterocycles. The van der Waals surface area contributed by atoms with Gasteiger partial charge in [0.15, 0.2) is 0 Å². The third-order valence-electron chi connectivity index (χ3n) is 4.61. The Morgan fingerprint density at radius 3 is 2.57 bits per heavy atom. The fourth-order valence-electron chi connectivity index (χ4n) is 2.97. The smallest absolute Gasteiger partial charge is 0.328 e. The van der Waals surface area contributed by atoms with E-state index in [1.54, 1.807) is 11.9 Å². The third-order valence-corrected chi connectivity index (χ3v) is 4.61. The summed E-state index contributed by atoms with van der Waals surface area (Å²) in [6.45, 7) is 1.40. The topological polar surface area (TPSA) is 78.4 Å². The molecule has 0 radical (unpaired) electrons. The zero-order valence-electron chi connectivity index (χ0n) is 14.0. The van der Waals surface area contributed by atoms with Gasteiger partial charge in [0, 0.05) is 38.4 Å². The van der Waals surface area contributed by atoms with E-state index in [-0.39, 0.29) is 12.5 Å². The predicted molar refractivity (Wildman–Crippen MR) is 88.5 cm³/mol. The van der Waals surface area contributed by atoms with E-state index in [1.807, 2.05) is 0 Å². The number of likely N-dealkylation sites (N-methyl/N-ethyl adjacent to an activating group) is 2. The summed E-state index contributed by atoms with van der Waals surface area (Å²) in [5, 5.41) is 0. The lowest BCUT2D eigenvalue weighted by atomic mass is 9.94. The van der Waals surface area contributed by atoms with Crippen molar-refractivity contribution in [2.45, 2.75) is 44.7 Å². The maximum absolute atomic E-state index is 12.2. The summed E-state index contributed by atoms with van der Waals surface area (Å²) >= 11 is 0. The molecule has 1 fully saturated rings. The van der Waals surface area contributed by atoms with Crippen molar-refractivity contribution in [1.82, 2.24) is 19.4 Å². The second-order valence-corrected chi connectivity index (χ2v) is 6.33. The molecule has 0 atom stereocenters. The zero-order chi connectivity index (χ0) is 16.8. The summed E-state index contributed by atoms with van der Waals surface area (Å²) < 4.78 is 1.21. The van der Waals surface area contributed by atoms with Crippen molar-refractivity contribution in [3.8, 4) is 0 Å². The van der Waals surface area contributed by atoms with Gasteiger partial charge in [0.25, 0.3) is 5.56 Å². The molecule has 23 heavy (non-hydrogen) atoms. The van der Waals surface area contributed by atoms with Crippen LogP contribution in [0.2, 0.25) is 0 Å². The fourth-order valence-corrected chi connectivity index (χ4v) is 2.97. The van der Waals surface area contributed by atoms with Crippen LogP contribution in [-0.4, -0.2) is 58.5 Å². The van der Waals surface area contributed by atoms with E-state index >= 15 is 0 Å². The summed E-state index contributed by atoms with van der Waals surface area (Å²) in [5.41, 5.74) is -1.01. The van der Waals surface area contributed by atoms with E-state index in [1.165, 1.54) is 48.9 Å². The van der Waals surface area contributed by atoms with Crippen molar-refractivity contribution in [1.29, 1.82) is 0 Å². The maximum Gasteiger partial charge on any atom is 0.328 e. The van der Waals surface area contributed by atoms with Crippen molar-refractivity contribution in [3.05, 3.63) is 33.1 Å². The Balaban J connectivity index is 1.82. The Kier molecular flexibility index (Phi) is 6.15. The van der Waals surface area contributed by atoms with Crippen molar-refractivity contribution >= 4 is 5.91 Å². The number of nitrogens with zero attached hydrogens (tertiary/aromatic N) is 3. The van der Waals surface area contributed by atoms with Crippen molar-refractivity contribution in [3.63, 3.8) is 0 Å². The number of aromatic amines is 1. The first-order chi connectivity index (χ1) is 11.0. The van der Waals surface area contributed by atoms with E-state index in [9.17, 15) is 14.4 Å². The summed E-state index contributed by atoms with van der Waals surface area (Å²) in [5.74, 6) is -0.142. The van der Waals surface area contributed by atoms with E-state index in [2.05, 4.69) is 16.9 Å². The summed E-state index contributed by atoms with van der Waals surface area (Å²) in [6.07, 6.45) is 7.73. The molecule has 7 heteroatoms. The van der Waals surface area contributed by atoms with Crippen molar-refractivity contribution in [2.24, 2.45) is 0 Å². The standard InChI is InChI=1S/C16H26N4O3/c1-18(13-6-4-3-5-7-13)10-11-19(2)15(22)12-20-9-8-14(21)17-16(20)23/h8-9,13H,3-7,10-12H2,1-2H3,(H,17,21,23). The van der Waals surface area contributed by atoms with Gasteiger partial charge in [0.1, 0.15) is 6.54 Å². The van der Waals surface area contributed by atoms with E-state index in [4.69, 9.17) is 0 Å². The molecule has 2 rings (SSSR count). The molecule has 1 aliphatic carbocycles. The van der Waals surface area contributed by atoms with Gasteiger partial charge in [-0.15, -0.1) is 0 Å². The fraction of sp³-hybridized carbons (Fsp3) is 0.688. The van der Waals surface area contributed by atoms with Crippen LogP contribution in [-0.2, 0) is 11.3 Å². The van der Waals surface area contributed by atoms with Crippen LogP contribution in [0.1, 0.15) is 32.1 Å². The molecule has 0 spiro atoms. The van der Waals surface area contributed by atoms with Crippen LogP contribution < -0.4 is 11.2 Å². The first kappa shape index (κ1) is 17.5. The lowest BCUT2D eigenvalue weighted by Gasteiger charge is -2.32. The summed E-state index contributed by atoms with van der Waals surface area (Å²) in [6, 6.07) is 1.86. The number of rotatable bonds is 6. The number of hydrogen-bond donors (Lipinski definition) is 1. The molecule has 7 nitrogen and oxygen atoms in total. The van der Waals surface area contributed by atoms with Gasteiger partial charge >= 0.3 is 5.69 Å². The number of hydrogen-bond acceptors (Lipinski definition) is 4. The highest BCUT2D eigenvalue weighted by Crippen LogP contribution is 2.21. The molecule has 128 valence electrons. The van der Waals surface area contributed by atoms with Crippen LogP contribution in [0.15, 0.2) is 21.9 Å². The van der Waals surface area contributed by atoms with E-state index < -0.39 is 11.2 Å². The number of carbonyl (C=O) groups is 1. The van der Waals surface area contributed by atoms with Crippen molar-refractivity contribution in [2.75, 3.05) is 27.2 Å². The molecule has 0 aromatic carbocycles. The van der Waals surface area contributed by atoms with Gasteiger partial charge in [-0.1, -0.05) is 19.3 Å². The molecule has 0 aliphatic heterocycles. The lowest BCUT2D eigenvalue weighted by molar-refractivity contribution is -0.130. The number of nitrogens with one attached hydrogen (secondary N) is 1. The number of H-pyrrole nitrogens is 1. The van der Waals surface area contributed by atoms with Gasteiger partial charge in [-0.05, 0) is 19.9 Å². The number of amides is 1. The van der Waals surface area contributed by atoms with Gasteiger partial charge < -0.3 is 9.80 Å². The molecule has 1 amide bonds. The quantitative estimate of drug-likeness (QED) is 0.815. The molecule has 0 bridgehead atoms. The average molecular weight is 322 g/mol. The number of aromatic nitrogens is 2. The molecular weight excluding hydrogens is 296 g/mol. The molecule has 0 unspecified atom stereocenters. The molecule has 1 aromatic rings. The lowest BCUT2D eigenvalue weighted by Crippen LogP contribution is -2.42. The highest BCUT2D eigenvalue weighted by atomic mass is 16.2. The maximum atomic E-state index is 12.2. The predicted octanol–water partition coefficient (Wildman–Crippen LogP) is 0.260. The molecule has 1 heterocycles. The van der Waals surface area contributed by atoms with Crippen LogP contribution in [0.4, 0.5) is 0 Å². The number of carbonyl (C=O) groups excluding carboxylic acids is 1. The normalized spacial score (nSPS) is 15.8. The molecule has 1 aromatic heterocycles. The van der Waals surface area contributed by atoms with E-state index in [0.717, 1.165) is 6.54 Å². The highest BCUT2D eigenvalue weighted by Gasteiger charge is 2.19. The first-order valence-electron chi connectivity index (χ1n) is 8.21. The Bertz CT molecular complexity index is 631. The van der Waals surface area contributed by atoms with Gasteiger partial charge in [-0.2, -0.15) is 0 Å². The summed E-state index contributed by atoms with van der Waals surface area (Å²) in [7, 11) is 3.86. The Labute approximate surface area is 135 Å². The van der Waals surface area contributed by atoms with Gasteiger partial charge in [-0.25, -0.2) is 4.79 Å². The SMILES string of the molecule is CN(CCN(C)C1CCCCC1)C(=O)Cn1ccc(=O)[nH]c1=O. The molecular formula is C16H26N4O3. The minimum atomic E-state index is -0.557. The first-order valence-corrected chi connectivity index (χ1v) is 8.21. The Hall–Kier alpha value is -1.89. The largest absolute Gasteiger partial charge is 0.343 e. The van der Waals surface area contributed by atoms with Crippen molar-refractivity contribution < 1.29 is 4.79 Å². The van der Waals surface area contributed by atoms with E-state index in [0.29, 0.717) is 12.6 Å². The van der Waals surface area contributed by atoms with Crippen LogP contribution >= 0.6 is 0 Å². The average Bonchev–Trinajstić information content (AvgIpc) is 2.55. The second-order valence-electron chi connectivity index (χ2n) is 6.33. The van der Waals surface area contributed by atoms with Crippen LogP contribution in [0.3, 0.4) is 0 Å². The monoisotopic (exact) mass is 322 g/mol. The zero-order valence-corrected chi connectivity index (χ0v) is 14.0. The Morgan fingerprint density at radius 2 is 1.91 bits per heavy atom. The van der Waals surface area contributed by atoms with Crippen LogP contribution in [0.5, 0.6) is 0 Å². The summed E-state index contributed by atoms with van der Waals surface area (Å²) in [4.78, 5) is 40.9. The highest BCUT2D eigenvalue weighted by molar-refractivity contribution is 5.75. The van der Waals surface area contributed by atoms with Gasteiger partial charge in [0.05, 0.1) is 0 Å². The van der Waals surface area contributed by atoms with Gasteiger partial charge in [0.2, 0.25) is 5.91 Å². The molecule has 1 saturated carbocycles. The van der Waals surface area contributed by atoms with Crippen LogP contribution in [0.25, 0.3) is 0 Å². The minimum absolute atomic E-state index is 0.0563. The Morgan fingerprint density at radius 1 is 1.22 bits per heavy atom. The van der Waals surface area contributed by atoms with Gasteiger partial charge in [-0.3, -0.25) is 19.1 Å². The third kappa shape index (κ3) is 5.06. The molecule has 1 N–H and O–H groups in total. The minimum Gasteiger partial charge on any atom is -0.343 e. The van der Waals surface area contributed by atoms with Crippen LogP contribution in [0, 0.1) is 0 Å². The molecule has 1 aliphatic rings. The second kappa shape index (κ2) is 8.10.